The van der Waals surface area contributed by atoms with Crippen LogP contribution >= 0.6 is 0 Å². The van der Waals surface area contributed by atoms with Gasteiger partial charge in [0.1, 0.15) is 5.82 Å². The van der Waals surface area contributed by atoms with Crippen LogP contribution in [-0.2, 0) is 11.3 Å². The molecular formula is C18H27FN2O. The molecule has 122 valence electrons. The van der Waals surface area contributed by atoms with Gasteiger partial charge in [-0.1, -0.05) is 39.0 Å². The molecule has 0 saturated carbocycles. The number of benzene rings is 1. The van der Waals surface area contributed by atoms with Crippen LogP contribution in [0.4, 0.5) is 4.39 Å². The molecule has 1 atom stereocenters. The number of piperidine rings is 1. The molecule has 0 unspecified atom stereocenters. The van der Waals surface area contributed by atoms with Crippen LogP contribution in [0.1, 0.15) is 39.2 Å². The second-order valence-electron chi connectivity index (χ2n) is 7.29. The van der Waals surface area contributed by atoms with Crippen LogP contribution < -0.4 is 5.32 Å². The zero-order chi connectivity index (χ0) is 16.2. The number of hydrogen-bond acceptors (Lipinski definition) is 2. The first-order chi connectivity index (χ1) is 10.4. The highest BCUT2D eigenvalue weighted by atomic mass is 19.1. The maximum absolute atomic E-state index is 13.7. The zero-order valence-electron chi connectivity index (χ0n) is 13.9. The summed E-state index contributed by atoms with van der Waals surface area (Å²) in [5.41, 5.74) is 0.406. The predicted octanol–water partition coefficient (Wildman–Crippen LogP) is 3.20. The smallest absolute Gasteiger partial charge is 0.225 e. The van der Waals surface area contributed by atoms with Crippen molar-refractivity contribution in [1.82, 2.24) is 10.2 Å². The molecule has 1 heterocycles. The quantitative estimate of drug-likeness (QED) is 0.926. The van der Waals surface area contributed by atoms with Gasteiger partial charge < -0.3 is 5.32 Å². The third-order valence-electron chi connectivity index (χ3n) is 4.19. The van der Waals surface area contributed by atoms with E-state index in [1.807, 2.05) is 32.9 Å². The molecule has 1 fully saturated rings. The monoisotopic (exact) mass is 306 g/mol. The van der Waals surface area contributed by atoms with E-state index >= 15 is 0 Å². The van der Waals surface area contributed by atoms with Crippen molar-refractivity contribution in [2.24, 2.45) is 11.3 Å². The SMILES string of the molecule is CC(C)(C)C(=O)NC[C@H]1CCCN(Cc2ccccc2F)C1. The fourth-order valence-corrected chi connectivity index (χ4v) is 2.83. The topological polar surface area (TPSA) is 32.3 Å². The number of amides is 1. The van der Waals surface area contributed by atoms with Crippen LogP contribution in [0, 0.1) is 17.2 Å². The van der Waals surface area contributed by atoms with E-state index in [-0.39, 0.29) is 17.1 Å². The van der Waals surface area contributed by atoms with Gasteiger partial charge in [-0.05, 0) is 31.4 Å². The average Bonchev–Trinajstić information content (AvgIpc) is 2.46. The molecule has 0 aliphatic carbocycles. The van der Waals surface area contributed by atoms with Gasteiger partial charge in [0.2, 0.25) is 5.91 Å². The standard InChI is InChI=1S/C18H27FN2O/c1-18(2,3)17(22)20-11-14-7-6-10-21(12-14)13-15-8-4-5-9-16(15)19/h4-5,8-9,14H,6-7,10-13H2,1-3H3,(H,20,22)/t14-/m1/s1. The van der Waals surface area contributed by atoms with Crippen molar-refractivity contribution < 1.29 is 9.18 Å². The third kappa shape index (κ3) is 4.80. The average molecular weight is 306 g/mol. The van der Waals surface area contributed by atoms with Crippen LogP contribution in [-0.4, -0.2) is 30.4 Å². The van der Waals surface area contributed by atoms with E-state index in [1.165, 1.54) is 6.07 Å². The van der Waals surface area contributed by atoms with Gasteiger partial charge in [0.15, 0.2) is 0 Å². The minimum atomic E-state index is -0.346. The highest BCUT2D eigenvalue weighted by Gasteiger charge is 2.24. The second-order valence-corrected chi connectivity index (χ2v) is 7.29. The zero-order valence-corrected chi connectivity index (χ0v) is 13.9. The molecule has 22 heavy (non-hydrogen) atoms. The van der Waals surface area contributed by atoms with E-state index in [0.717, 1.165) is 31.5 Å². The first kappa shape index (κ1) is 16.9. The summed E-state index contributed by atoms with van der Waals surface area (Å²) >= 11 is 0. The highest BCUT2D eigenvalue weighted by molar-refractivity contribution is 5.81. The van der Waals surface area contributed by atoms with Crippen LogP contribution in [0.2, 0.25) is 0 Å². The maximum atomic E-state index is 13.7. The molecule has 0 aromatic heterocycles. The Morgan fingerprint density at radius 1 is 1.36 bits per heavy atom. The van der Waals surface area contributed by atoms with Crippen molar-refractivity contribution in [1.29, 1.82) is 0 Å². The molecule has 1 N–H and O–H groups in total. The second kappa shape index (κ2) is 7.23. The largest absolute Gasteiger partial charge is 0.355 e. The van der Waals surface area contributed by atoms with Gasteiger partial charge in [-0.15, -0.1) is 0 Å². The Morgan fingerprint density at radius 3 is 2.77 bits per heavy atom. The summed E-state index contributed by atoms with van der Waals surface area (Å²) in [4.78, 5) is 14.2. The molecule has 0 bridgehead atoms. The number of carbonyl (C=O) groups excluding carboxylic acids is 1. The Morgan fingerprint density at radius 2 is 2.09 bits per heavy atom. The molecule has 1 aliphatic rings. The Labute approximate surface area is 132 Å². The number of carbonyl (C=O) groups is 1. The van der Waals surface area contributed by atoms with Crippen molar-refractivity contribution in [2.45, 2.75) is 40.2 Å². The molecule has 4 heteroatoms. The van der Waals surface area contributed by atoms with Crippen molar-refractivity contribution in [3.8, 4) is 0 Å². The first-order valence-electron chi connectivity index (χ1n) is 8.10. The first-order valence-corrected chi connectivity index (χ1v) is 8.10. The van der Waals surface area contributed by atoms with Gasteiger partial charge in [0, 0.05) is 30.6 Å². The summed E-state index contributed by atoms with van der Waals surface area (Å²) in [5.74, 6) is 0.413. The third-order valence-corrected chi connectivity index (χ3v) is 4.19. The molecule has 2 rings (SSSR count). The van der Waals surface area contributed by atoms with Crippen molar-refractivity contribution in [3.05, 3.63) is 35.6 Å². The van der Waals surface area contributed by atoms with Gasteiger partial charge >= 0.3 is 0 Å². The van der Waals surface area contributed by atoms with Gasteiger partial charge in [-0.3, -0.25) is 9.69 Å². The molecule has 1 saturated heterocycles. The van der Waals surface area contributed by atoms with Gasteiger partial charge in [0.25, 0.3) is 0 Å². The van der Waals surface area contributed by atoms with Crippen molar-refractivity contribution in [3.63, 3.8) is 0 Å². The van der Waals surface area contributed by atoms with E-state index in [9.17, 15) is 9.18 Å². The van der Waals surface area contributed by atoms with E-state index < -0.39 is 0 Å². The highest BCUT2D eigenvalue weighted by Crippen LogP contribution is 2.20. The van der Waals surface area contributed by atoms with Crippen LogP contribution in [0.15, 0.2) is 24.3 Å². The lowest BCUT2D eigenvalue weighted by atomic mass is 9.94. The van der Waals surface area contributed by atoms with Crippen LogP contribution in [0.25, 0.3) is 0 Å². The van der Waals surface area contributed by atoms with E-state index in [1.54, 1.807) is 6.07 Å². The fourth-order valence-electron chi connectivity index (χ4n) is 2.83. The molecule has 0 spiro atoms. The lowest BCUT2D eigenvalue weighted by Crippen LogP contribution is -2.43. The minimum absolute atomic E-state index is 0.0960. The number of nitrogens with one attached hydrogen (secondary N) is 1. The van der Waals surface area contributed by atoms with E-state index in [2.05, 4.69) is 10.2 Å². The molecule has 1 aromatic carbocycles. The fraction of sp³-hybridized carbons (Fsp3) is 0.611. The minimum Gasteiger partial charge on any atom is -0.355 e. The molecule has 1 aromatic rings. The summed E-state index contributed by atoms with van der Waals surface area (Å²) in [6.07, 6.45) is 2.22. The number of halogens is 1. The number of rotatable bonds is 4. The lowest BCUT2D eigenvalue weighted by Gasteiger charge is -2.33. The van der Waals surface area contributed by atoms with Gasteiger partial charge in [-0.2, -0.15) is 0 Å². The van der Waals surface area contributed by atoms with Crippen molar-refractivity contribution in [2.75, 3.05) is 19.6 Å². The molecule has 1 amide bonds. The predicted molar refractivity (Wildman–Crippen MR) is 86.9 cm³/mol. The molecule has 3 nitrogen and oxygen atoms in total. The summed E-state index contributed by atoms with van der Waals surface area (Å²) in [6, 6.07) is 6.96. The molecular weight excluding hydrogens is 279 g/mol. The van der Waals surface area contributed by atoms with E-state index in [4.69, 9.17) is 0 Å². The molecule has 0 radical (unpaired) electrons. The molecule has 1 aliphatic heterocycles. The number of likely N-dealkylation sites (tertiary alicyclic amines) is 1. The number of nitrogens with zero attached hydrogens (tertiary/aromatic N) is 1. The van der Waals surface area contributed by atoms with E-state index in [0.29, 0.717) is 19.0 Å². The Bertz CT molecular complexity index is 510. The van der Waals surface area contributed by atoms with Crippen LogP contribution in [0.3, 0.4) is 0 Å². The lowest BCUT2D eigenvalue weighted by molar-refractivity contribution is -0.128. The van der Waals surface area contributed by atoms with Gasteiger partial charge in [0.05, 0.1) is 0 Å². The Balaban J connectivity index is 1.84. The van der Waals surface area contributed by atoms with Crippen LogP contribution in [0.5, 0.6) is 0 Å². The normalized spacial score (nSPS) is 19.9. The Hall–Kier alpha value is -1.42. The summed E-state index contributed by atoms with van der Waals surface area (Å²) < 4.78 is 13.7. The number of hydrogen-bond donors (Lipinski definition) is 1. The van der Waals surface area contributed by atoms with Gasteiger partial charge in [-0.25, -0.2) is 4.39 Å². The van der Waals surface area contributed by atoms with Crippen molar-refractivity contribution >= 4 is 5.91 Å². The summed E-state index contributed by atoms with van der Waals surface area (Å²) in [6.45, 7) is 9.05. The maximum Gasteiger partial charge on any atom is 0.225 e. The summed E-state index contributed by atoms with van der Waals surface area (Å²) in [7, 11) is 0. The Kier molecular flexibility index (Phi) is 5.57. The summed E-state index contributed by atoms with van der Waals surface area (Å²) in [5, 5.41) is 3.05.